The molecule has 3 heterocycles. The fourth-order valence-corrected chi connectivity index (χ4v) is 3.26. The quantitative estimate of drug-likeness (QED) is 0.533. The van der Waals surface area contributed by atoms with Crippen molar-refractivity contribution in [1.82, 2.24) is 9.97 Å². The topological polar surface area (TPSA) is 68.0 Å². The summed E-state index contributed by atoms with van der Waals surface area (Å²) in [6, 6.07) is 12.8. The number of aromatic nitrogens is 2. The van der Waals surface area contributed by atoms with Crippen molar-refractivity contribution >= 4 is 44.7 Å². The summed E-state index contributed by atoms with van der Waals surface area (Å²) in [5.74, 6) is 0.293. The number of fused-ring (bicyclic) bond motifs is 1. The number of hydrogen-bond donors (Lipinski definition) is 1. The molecule has 0 spiro atoms. The van der Waals surface area contributed by atoms with Crippen molar-refractivity contribution < 1.29 is 9.21 Å². The summed E-state index contributed by atoms with van der Waals surface area (Å²) in [4.78, 5) is 20.9. The first-order chi connectivity index (χ1) is 11.7. The van der Waals surface area contributed by atoms with Crippen LogP contribution in [0.25, 0.3) is 22.2 Å². The van der Waals surface area contributed by atoms with Crippen LogP contribution in [-0.4, -0.2) is 15.9 Å². The number of thiazole rings is 1. The van der Waals surface area contributed by atoms with Crippen LogP contribution in [0.1, 0.15) is 10.5 Å². The first kappa shape index (κ1) is 14.9. The highest BCUT2D eigenvalue weighted by atomic mass is 35.5. The number of nitrogens with one attached hydrogen (secondary N) is 1. The standard InChI is InChI=1S/C17H10ClN3O2S/c18-15-11-5-2-1-4-10(11)8-12(19-15)16(22)21-17-20-13(9-24-17)14-6-3-7-23-14/h1-9H,(H,20,21,22). The number of carbonyl (C=O) groups is 1. The number of halogens is 1. The van der Waals surface area contributed by atoms with Gasteiger partial charge in [0.05, 0.1) is 6.26 Å². The van der Waals surface area contributed by atoms with E-state index in [4.69, 9.17) is 16.0 Å². The van der Waals surface area contributed by atoms with Gasteiger partial charge in [0, 0.05) is 10.8 Å². The molecule has 118 valence electrons. The second-order valence-corrected chi connectivity index (χ2v) is 6.20. The van der Waals surface area contributed by atoms with E-state index in [9.17, 15) is 4.79 Å². The predicted molar refractivity (Wildman–Crippen MR) is 94.5 cm³/mol. The van der Waals surface area contributed by atoms with Crippen LogP contribution in [0.15, 0.2) is 58.5 Å². The summed E-state index contributed by atoms with van der Waals surface area (Å²) < 4.78 is 5.29. The lowest BCUT2D eigenvalue weighted by Crippen LogP contribution is -2.13. The van der Waals surface area contributed by atoms with Crippen LogP contribution in [0.4, 0.5) is 5.13 Å². The van der Waals surface area contributed by atoms with E-state index >= 15 is 0 Å². The number of nitrogens with zero attached hydrogens (tertiary/aromatic N) is 2. The van der Waals surface area contributed by atoms with Crippen molar-refractivity contribution in [3.8, 4) is 11.5 Å². The highest BCUT2D eigenvalue weighted by Gasteiger charge is 2.14. The molecule has 0 saturated carbocycles. The third-order valence-corrected chi connectivity index (χ3v) is 4.47. The molecule has 1 N–H and O–H groups in total. The molecule has 0 radical (unpaired) electrons. The highest BCUT2D eigenvalue weighted by Crippen LogP contribution is 2.26. The molecular weight excluding hydrogens is 346 g/mol. The minimum absolute atomic E-state index is 0.244. The van der Waals surface area contributed by atoms with E-state index in [1.807, 2.05) is 35.7 Å². The van der Waals surface area contributed by atoms with E-state index < -0.39 is 0 Å². The fraction of sp³-hybridized carbons (Fsp3) is 0. The van der Waals surface area contributed by atoms with Crippen LogP contribution in [-0.2, 0) is 0 Å². The van der Waals surface area contributed by atoms with Crippen molar-refractivity contribution in [2.45, 2.75) is 0 Å². The van der Waals surface area contributed by atoms with Crippen molar-refractivity contribution in [3.63, 3.8) is 0 Å². The van der Waals surface area contributed by atoms with Gasteiger partial charge >= 0.3 is 0 Å². The van der Waals surface area contributed by atoms with E-state index in [1.165, 1.54) is 11.3 Å². The monoisotopic (exact) mass is 355 g/mol. The average molecular weight is 356 g/mol. The summed E-state index contributed by atoms with van der Waals surface area (Å²) in [5, 5.41) is 6.99. The van der Waals surface area contributed by atoms with Crippen molar-refractivity contribution in [3.05, 3.63) is 65.0 Å². The molecule has 5 nitrogen and oxygen atoms in total. The van der Waals surface area contributed by atoms with Crippen LogP contribution in [0.3, 0.4) is 0 Å². The van der Waals surface area contributed by atoms with Crippen molar-refractivity contribution in [2.24, 2.45) is 0 Å². The Morgan fingerprint density at radius 2 is 2.04 bits per heavy atom. The summed E-state index contributed by atoms with van der Waals surface area (Å²) in [6.07, 6.45) is 1.58. The molecule has 3 aromatic heterocycles. The van der Waals surface area contributed by atoms with Crippen molar-refractivity contribution in [2.75, 3.05) is 5.32 Å². The Balaban J connectivity index is 1.60. The molecule has 0 saturated heterocycles. The summed E-state index contributed by atoms with van der Waals surface area (Å²) >= 11 is 7.48. The number of rotatable bonds is 3. The Bertz CT molecular complexity index is 1030. The zero-order chi connectivity index (χ0) is 16.5. The lowest BCUT2D eigenvalue weighted by atomic mass is 10.1. The highest BCUT2D eigenvalue weighted by molar-refractivity contribution is 7.14. The maximum absolute atomic E-state index is 12.4. The fourth-order valence-electron chi connectivity index (χ4n) is 2.30. The molecule has 0 aliphatic carbocycles. The van der Waals surface area contributed by atoms with Crippen LogP contribution in [0.2, 0.25) is 5.15 Å². The number of furan rings is 1. The van der Waals surface area contributed by atoms with Gasteiger partial charge in [-0.2, -0.15) is 0 Å². The van der Waals surface area contributed by atoms with E-state index in [0.29, 0.717) is 21.7 Å². The van der Waals surface area contributed by atoms with Crippen LogP contribution in [0.5, 0.6) is 0 Å². The zero-order valence-corrected chi connectivity index (χ0v) is 13.8. The number of pyridine rings is 1. The van der Waals surface area contributed by atoms with E-state index in [1.54, 1.807) is 18.4 Å². The third-order valence-electron chi connectivity index (χ3n) is 3.42. The molecule has 0 unspecified atom stereocenters. The van der Waals surface area contributed by atoms with E-state index in [2.05, 4.69) is 15.3 Å². The molecule has 0 aliphatic heterocycles. The molecule has 1 amide bonds. The largest absolute Gasteiger partial charge is 0.463 e. The minimum Gasteiger partial charge on any atom is -0.463 e. The lowest BCUT2D eigenvalue weighted by Gasteiger charge is -2.05. The zero-order valence-electron chi connectivity index (χ0n) is 12.2. The molecule has 7 heteroatoms. The Kier molecular flexibility index (Phi) is 3.76. The van der Waals surface area contributed by atoms with Crippen LogP contribution < -0.4 is 5.32 Å². The Morgan fingerprint density at radius 1 is 1.17 bits per heavy atom. The maximum atomic E-state index is 12.4. The molecule has 24 heavy (non-hydrogen) atoms. The van der Waals surface area contributed by atoms with Gasteiger partial charge in [0.1, 0.15) is 16.5 Å². The Morgan fingerprint density at radius 3 is 2.88 bits per heavy atom. The van der Waals surface area contributed by atoms with Gasteiger partial charge in [-0.25, -0.2) is 9.97 Å². The first-order valence-electron chi connectivity index (χ1n) is 7.07. The number of anilines is 1. The van der Waals surface area contributed by atoms with Gasteiger partial charge in [-0.05, 0) is 23.6 Å². The second kappa shape index (κ2) is 6.07. The summed E-state index contributed by atoms with van der Waals surface area (Å²) in [6.45, 7) is 0. The van der Waals surface area contributed by atoms with Gasteiger partial charge in [0.15, 0.2) is 10.9 Å². The van der Waals surface area contributed by atoms with Gasteiger partial charge in [-0.15, -0.1) is 11.3 Å². The van der Waals surface area contributed by atoms with Gasteiger partial charge in [0.2, 0.25) is 0 Å². The molecule has 4 aromatic rings. The van der Waals surface area contributed by atoms with Crippen LogP contribution >= 0.6 is 22.9 Å². The summed E-state index contributed by atoms with van der Waals surface area (Å²) in [5.41, 5.74) is 0.915. The molecule has 0 aliphatic rings. The number of amides is 1. The van der Waals surface area contributed by atoms with Gasteiger partial charge in [-0.1, -0.05) is 35.9 Å². The maximum Gasteiger partial charge on any atom is 0.276 e. The lowest BCUT2D eigenvalue weighted by molar-refractivity contribution is 0.102. The normalized spacial score (nSPS) is 10.9. The average Bonchev–Trinajstić information content (AvgIpc) is 3.26. The molecule has 1 aromatic carbocycles. The smallest absolute Gasteiger partial charge is 0.276 e. The number of carbonyl (C=O) groups excluding carboxylic acids is 1. The molecule has 4 rings (SSSR count). The molecule has 0 fully saturated rings. The van der Waals surface area contributed by atoms with Crippen molar-refractivity contribution in [1.29, 1.82) is 0 Å². The number of benzene rings is 1. The minimum atomic E-state index is -0.358. The predicted octanol–water partition coefficient (Wildman–Crippen LogP) is 4.86. The van der Waals surface area contributed by atoms with E-state index in [-0.39, 0.29) is 11.6 Å². The summed E-state index contributed by atoms with van der Waals surface area (Å²) in [7, 11) is 0. The molecular formula is C17H10ClN3O2S. The Labute approximate surface area is 145 Å². The SMILES string of the molecule is O=C(Nc1nc(-c2ccco2)cs1)c1cc2ccccc2c(Cl)n1. The van der Waals surface area contributed by atoms with Crippen LogP contribution in [0, 0.1) is 0 Å². The third kappa shape index (κ3) is 2.77. The van der Waals surface area contributed by atoms with Gasteiger partial charge < -0.3 is 4.42 Å². The first-order valence-corrected chi connectivity index (χ1v) is 8.32. The van der Waals surface area contributed by atoms with Gasteiger partial charge in [-0.3, -0.25) is 10.1 Å². The number of hydrogen-bond acceptors (Lipinski definition) is 5. The van der Waals surface area contributed by atoms with Gasteiger partial charge in [0.25, 0.3) is 5.91 Å². The molecule has 0 bridgehead atoms. The molecule has 0 atom stereocenters. The Hall–Kier alpha value is -2.70. The second-order valence-electron chi connectivity index (χ2n) is 4.99. The van der Waals surface area contributed by atoms with E-state index in [0.717, 1.165) is 10.8 Å².